The second-order valence-corrected chi connectivity index (χ2v) is 7.80. The maximum atomic E-state index is 12.3. The smallest absolute Gasteiger partial charge is 0.349 e. The van der Waals surface area contributed by atoms with E-state index < -0.39 is 16.9 Å². The van der Waals surface area contributed by atoms with E-state index in [1.807, 2.05) is 4.98 Å². The Balaban J connectivity index is 1.64. The third-order valence-corrected chi connectivity index (χ3v) is 5.26. The van der Waals surface area contributed by atoms with E-state index in [2.05, 4.69) is 10.2 Å². The van der Waals surface area contributed by atoms with Gasteiger partial charge in [0.15, 0.2) is 5.75 Å². The highest BCUT2D eigenvalue weighted by atomic mass is 35.5. The lowest BCUT2D eigenvalue weighted by molar-refractivity contribution is 0.414. The van der Waals surface area contributed by atoms with Crippen molar-refractivity contribution in [2.24, 2.45) is 0 Å². The minimum Gasteiger partial charge on any atom is -0.497 e. The molecule has 0 amide bonds. The largest absolute Gasteiger partial charge is 0.497 e. The van der Waals surface area contributed by atoms with Crippen LogP contribution >= 0.6 is 23.2 Å². The summed E-state index contributed by atoms with van der Waals surface area (Å²) < 4.78 is 12.8. The first-order valence-corrected chi connectivity index (χ1v) is 10.6. The molecule has 0 aliphatic heterocycles. The van der Waals surface area contributed by atoms with Crippen molar-refractivity contribution in [2.75, 3.05) is 7.11 Å². The van der Waals surface area contributed by atoms with Gasteiger partial charge in [-0.05, 0) is 29.8 Å². The molecule has 13 heteroatoms. The molecule has 0 aliphatic carbocycles. The van der Waals surface area contributed by atoms with Crippen LogP contribution in [0.2, 0.25) is 10.0 Å². The second kappa shape index (κ2) is 9.84. The van der Waals surface area contributed by atoms with Crippen molar-refractivity contribution in [3.05, 3.63) is 101 Å². The van der Waals surface area contributed by atoms with Gasteiger partial charge >= 0.3 is 5.69 Å². The Labute approximate surface area is 206 Å². The number of methoxy groups -OCH3 is 1. The van der Waals surface area contributed by atoms with Gasteiger partial charge in [-0.15, -0.1) is 10.2 Å². The average molecular weight is 513 g/mol. The van der Waals surface area contributed by atoms with Gasteiger partial charge in [0.1, 0.15) is 11.8 Å². The molecule has 0 fully saturated rings. The molecule has 11 nitrogen and oxygen atoms in total. The summed E-state index contributed by atoms with van der Waals surface area (Å²) in [4.78, 5) is 38.0. The van der Waals surface area contributed by atoms with Gasteiger partial charge in [-0.2, -0.15) is 9.94 Å². The minimum absolute atomic E-state index is 0.0113. The van der Waals surface area contributed by atoms with Gasteiger partial charge in [-0.3, -0.25) is 14.6 Å². The number of aromatic nitrogens is 5. The number of ether oxygens (including phenoxy) is 2. The van der Waals surface area contributed by atoms with Crippen LogP contribution in [0, 0.1) is 11.3 Å². The summed E-state index contributed by atoms with van der Waals surface area (Å²) in [5, 5.41) is 16.9. The van der Waals surface area contributed by atoms with Crippen molar-refractivity contribution in [2.45, 2.75) is 6.54 Å². The molecule has 0 saturated heterocycles. The van der Waals surface area contributed by atoms with Gasteiger partial charge in [-0.25, -0.2) is 9.48 Å². The third kappa shape index (κ3) is 5.08. The molecule has 0 bridgehead atoms. The Morgan fingerprint density at radius 2 is 1.71 bits per heavy atom. The van der Waals surface area contributed by atoms with E-state index in [9.17, 15) is 14.4 Å². The Kier molecular flexibility index (Phi) is 6.68. The summed E-state index contributed by atoms with van der Waals surface area (Å²) in [6.45, 7) is 0.183. The third-order valence-electron chi connectivity index (χ3n) is 4.70. The highest BCUT2D eigenvalue weighted by molar-refractivity contribution is 6.37. The van der Waals surface area contributed by atoms with Crippen molar-refractivity contribution in [1.82, 2.24) is 24.5 Å². The number of H-pyrrole nitrogens is 1. The van der Waals surface area contributed by atoms with Crippen molar-refractivity contribution in [3.8, 4) is 29.1 Å². The van der Waals surface area contributed by atoms with E-state index >= 15 is 0 Å². The molecule has 0 radical (unpaired) electrons. The van der Waals surface area contributed by atoms with E-state index in [1.165, 1.54) is 28.9 Å². The van der Waals surface area contributed by atoms with Gasteiger partial charge < -0.3 is 9.47 Å². The minimum atomic E-state index is -0.915. The maximum Gasteiger partial charge on any atom is 0.349 e. The van der Waals surface area contributed by atoms with Crippen LogP contribution in [-0.4, -0.2) is 31.7 Å². The van der Waals surface area contributed by atoms with Crippen LogP contribution in [0.3, 0.4) is 0 Å². The van der Waals surface area contributed by atoms with Crippen LogP contribution in [0.4, 0.5) is 0 Å². The van der Waals surface area contributed by atoms with E-state index in [-0.39, 0.29) is 39.5 Å². The number of nitrogens with one attached hydrogen (secondary N) is 1. The van der Waals surface area contributed by atoms with Crippen LogP contribution in [0.5, 0.6) is 17.4 Å². The summed E-state index contributed by atoms with van der Waals surface area (Å²) in [5.74, 6) is 0.736. The zero-order chi connectivity index (χ0) is 25.1. The van der Waals surface area contributed by atoms with Crippen molar-refractivity contribution >= 4 is 23.2 Å². The van der Waals surface area contributed by atoms with Crippen LogP contribution < -0.4 is 26.3 Å². The highest BCUT2D eigenvalue weighted by Gasteiger charge is 2.16. The fourth-order valence-corrected chi connectivity index (χ4v) is 3.57. The molecule has 1 N–H and O–H groups in total. The molecule has 0 spiro atoms. The van der Waals surface area contributed by atoms with E-state index in [4.69, 9.17) is 37.9 Å². The zero-order valence-electron chi connectivity index (χ0n) is 17.9. The Morgan fingerprint density at radius 3 is 2.34 bits per heavy atom. The molecule has 2 aromatic heterocycles. The fraction of sp³-hybridized carbons (Fsp3) is 0.0909. The number of nitriles is 1. The molecule has 0 aliphatic rings. The first kappa shape index (κ1) is 23.7. The Bertz CT molecular complexity index is 1610. The van der Waals surface area contributed by atoms with Crippen molar-refractivity contribution in [1.29, 1.82) is 5.26 Å². The van der Waals surface area contributed by atoms with Gasteiger partial charge in [-0.1, -0.05) is 35.3 Å². The number of benzene rings is 2. The molecular weight excluding hydrogens is 499 g/mol. The molecule has 4 rings (SSSR count). The van der Waals surface area contributed by atoms with E-state index in [1.54, 1.807) is 37.4 Å². The topological polar surface area (TPSA) is 145 Å². The summed E-state index contributed by atoms with van der Waals surface area (Å²) >= 11 is 12.6. The zero-order valence-corrected chi connectivity index (χ0v) is 19.4. The van der Waals surface area contributed by atoms with Crippen LogP contribution in [-0.2, 0) is 6.54 Å². The van der Waals surface area contributed by atoms with Crippen molar-refractivity contribution < 1.29 is 9.47 Å². The average Bonchev–Trinajstić information content (AvgIpc) is 2.84. The monoisotopic (exact) mass is 512 g/mol. The van der Waals surface area contributed by atoms with Crippen molar-refractivity contribution in [3.63, 3.8) is 0 Å². The molecule has 176 valence electrons. The lowest BCUT2D eigenvalue weighted by Gasteiger charge is -2.12. The summed E-state index contributed by atoms with van der Waals surface area (Å²) in [6, 6.07) is 14.0. The van der Waals surface area contributed by atoms with Gasteiger partial charge in [0, 0.05) is 12.1 Å². The van der Waals surface area contributed by atoms with Crippen LogP contribution in [0.1, 0.15) is 11.3 Å². The number of aromatic amines is 1. The molecule has 2 aromatic carbocycles. The predicted molar refractivity (Wildman–Crippen MR) is 126 cm³/mol. The summed E-state index contributed by atoms with van der Waals surface area (Å²) in [7, 11) is 1.56. The molecule has 35 heavy (non-hydrogen) atoms. The van der Waals surface area contributed by atoms with E-state index in [0.717, 1.165) is 10.2 Å². The lowest BCUT2D eigenvalue weighted by atomic mass is 10.2. The Hall–Kier alpha value is -4.40. The number of halogens is 2. The van der Waals surface area contributed by atoms with Gasteiger partial charge in [0.25, 0.3) is 11.1 Å². The SMILES string of the molecule is COc1ccc(Cn2nc(Oc3c(Cl)cc(-n4nc(C#N)c(=O)[nH]c4=O)cc3Cl)ccc2=O)cc1. The molecule has 0 atom stereocenters. The fourth-order valence-electron chi connectivity index (χ4n) is 3.02. The molecule has 0 saturated carbocycles. The standard InChI is InChI=1S/C22H14Cl2N6O5/c1-34-14-4-2-12(3-5-14)11-29-19(31)7-6-18(28-29)35-20-15(23)8-13(9-16(20)24)30-22(33)26-21(32)17(10-25)27-30/h2-9H,11H2,1H3,(H,26,32,33). The molecule has 2 heterocycles. The molecule has 4 aromatic rings. The Morgan fingerprint density at radius 1 is 1.03 bits per heavy atom. The maximum absolute atomic E-state index is 12.3. The number of rotatable bonds is 6. The number of hydrogen-bond acceptors (Lipinski definition) is 8. The highest BCUT2D eigenvalue weighted by Crippen LogP contribution is 2.37. The predicted octanol–water partition coefficient (Wildman–Crippen LogP) is 2.51. The van der Waals surface area contributed by atoms with Crippen LogP contribution in [0.25, 0.3) is 5.69 Å². The van der Waals surface area contributed by atoms with Gasteiger partial charge in [0.05, 0.1) is 29.4 Å². The van der Waals surface area contributed by atoms with Gasteiger partial charge in [0.2, 0.25) is 11.6 Å². The quantitative estimate of drug-likeness (QED) is 0.414. The molecule has 0 unspecified atom stereocenters. The number of hydrogen-bond donors (Lipinski definition) is 1. The first-order valence-electron chi connectivity index (χ1n) is 9.81. The summed E-state index contributed by atoms with van der Waals surface area (Å²) in [6.07, 6.45) is 0. The normalized spacial score (nSPS) is 10.6. The molecular formula is C22H14Cl2N6O5. The first-order chi connectivity index (χ1) is 16.8. The number of nitrogens with zero attached hydrogens (tertiary/aromatic N) is 5. The lowest BCUT2D eigenvalue weighted by Crippen LogP contribution is -2.33. The second-order valence-electron chi connectivity index (χ2n) is 6.99. The van der Waals surface area contributed by atoms with E-state index in [0.29, 0.717) is 5.75 Å². The summed E-state index contributed by atoms with van der Waals surface area (Å²) in [5.41, 5.74) is -1.77. The van der Waals surface area contributed by atoms with Crippen LogP contribution in [0.15, 0.2) is 62.9 Å².